The number of aliphatic hydroxyl groups excluding tert-OH is 1. The molecule has 0 unspecified atom stereocenters. The Morgan fingerprint density at radius 1 is 1.23 bits per heavy atom. The maximum Gasteiger partial charge on any atom is 0.338 e. The van der Waals surface area contributed by atoms with E-state index in [1.807, 2.05) is 35.2 Å². The van der Waals surface area contributed by atoms with Gasteiger partial charge in [-0.25, -0.2) is 9.18 Å². The number of hydrogen-bond acceptors (Lipinski definition) is 4. The quantitative estimate of drug-likeness (QED) is 0.833. The highest BCUT2D eigenvalue weighted by atomic mass is 19.1. The fourth-order valence-corrected chi connectivity index (χ4v) is 2.25. The van der Waals surface area contributed by atoms with Crippen LogP contribution in [0.1, 0.15) is 15.9 Å². The van der Waals surface area contributed by atoms with Gasteiger partial charge in [0.25, 0.3) is 0 Å². The van der Waals surface area contributed by atoms with Crippen molar-refractivity contribution >= 4 is 11.7 Å². The van der Waals surface area contributed by atoms with E-state index in [1.165, 1.54) is 19.2 Å². The second-order valence-electron chi connectivity index (χ2n) is 4.77. The van der Waals surface area contributed by atoms with Crippen LogP contribution in [-0.4, -0.2) is 31.3 Å². The molecule has 4 nitrogen and oxygen atoms in total. The number of methoxy groups -OCH3 is 1. The Hall–Kier alpha value is -2.40. The lowest BCUT2D eigenvalue weighted by Gasteiger charge is -2.25. The number of halogens is 1. The molecule has 1 N–H and O–H groups in total. The number of carbonyl (C=O) groups is 1. The van der Waals surface area contributed by atoms with Crippen LogP contribution in [0.25, 0.3) is 0 Å². The van der Waals surface area contributed by atoms with Crippen molar-refractivity contribution in [3.05, 3.63) is 65.5 Å². The third kappa shape index (κ3) is 3.83. The van der Waals surface area contributed by atoms with Crippen molar-refractivity contribution in [2.75, 3.05) is 25.2 Å². The van der Waals surface area contributed by atoms with Crippen molar-refractivity contribution in [3.8, 4) is 0 Å². The number of aliphatic hydroxyl groups is 1. The third-order valence-corrected chi connectivity index (χ3v) is 3.33. The van der Waals surface area contributed by atoms with Crippen molar-refractivity contribution in [2.24, 2.45) is 0 Å². The second kappa shape index (κ2) is 7.56. The minimum absolute atomic E-state index is 0.0242. The van der Waals surface area contributed by atoms with Crippen molar-refractivity contribution in [3.63, 3.8) is 0 Å². The molecule has 0 aromatic heterocycles. The highest BCUT2D eigenvalue weighted by Gasteiger charge is 2.16. The fraction of sp³-hybridized carbons (Fsp3) is 0.235. The first kappa shape index (κ1) is 16.0. The summed E-state index contributed by atoms with van der Waals surface area (Å²) in [6.07, 6.45) is 0. The number of esters is 1. The van der Waals surface area contributed by atoms with Crippen LogP contribution in [0.5, 0.6) is 0 Å². The summed E-state index contributed by atoms with van der Waals surface area (Å²) in [5.41, 5.74) is 1.75. The normalized spacial score (nSPS) is 10.3. The van der Waals surface area contributed by atoms with E-state index in [-0.39, 0.29) is 12.2 Å². The minimum atomic E-state index is -0.577. The zero-order valence-corrected chi connectivity index (χ0v) is 12.3. The van der Waals surface area contributed by atoms with Gasteiger partial charge >= 0.3 is 5.97 Å². The first-order valence-electron chi connectivity index (χ1n) is 6.93. The molecule has 0 amide bonds. The van der Waals surface area contributed by atoms with Crippen molar-refractivity contribution in [1.82, 2.24) is 0 Å². The number of ether oxygens (including phenoxy) is 1. The van der Waals surface area contributed by atoms with Gasteiger partial charge in [0, 0.05) is 18.8 Å². The Labute approximate surface area is 128 Å². The van der Waals surface area contributed by atoms with E-state index in [1.54, 1.807) is 6.07 Å². The number of hydrogen-bond donors (Lipinski definition) is 1. The van der Waals surface area contributed by atoms with Crippen molar-refractivity contribution in [2.45, 2.75) is 6.54 Å². The zero-order chi connectivity index (χ0) is 15.9. The van der Waals surface area contributed by atoms with Gasteiger partial charge in [0.1, 0.15) is 5.82 Å². The summed E-state index contributed by atoms with van der Waals surface area (Å²) in [6, 6.07) is 13.6. The van der Waals surface area contributed by atoms with Crippen LogP contribution in [0.2, 0.25) is 0 Å². The van der Waals surface area contributed by atoms with Crippen molar-refractivity contribution in [1.29, 1.82) is 0 Å². The number of nitrogens with zero attached hydrogens (tertiary/aromatic N) is 1. The van der Waals surface area contributed by atoms with Gasteiger partial charge in [-0.15, -0.1) is 0 Å². The van der Waals surface area contributed by atoms with Gasteiger partial charge in [-0.1, -0.05) is 24.3 Å². The van der Waals surface area contributed by atoms with E-state index in [2.05, 4.69) is 0 Å². The number of benzene rings is 2. The molecule has 0 bridgehead atoms. The van der Waals surface area contributed by atoms with Gasteiger partial charge < -0.3 is 14.7 Å². The van der Waals surface area contributed by atoms with E-state index in [0.717, 1.165) is 5.69 Å². The molecule has 2 rings (SSSR count). The molecule has 0 radical (unpaired) electrons. The Kier molecular flexibility index (Phi) is 5.49. The maximum atomic E-state index is 13.4. The van der Waals surface area contributed by atoms with Crippen LogP contribution in [0.3, 0.4) is 0 Å². The van der Waals surface area contributed by atoms with E-state index in [9.17, 15) is 14.3 Å². The lowest BCUT2D eigenvalue weighted by atomic mass is 10.1. The molecule has 0 aliphatic rings. The summed E-state index contributed by atoms with van der Waals surface area (Å²) >= 11 is 0. The predicted molar refractivity (Wildman–Crippen MR) is 82.3 cm³/mol. The molecule has 22 heavy (non-hydrogen) atoms. The Morgan fingerprint density at radius 2 is 1.95 bits per heavy atom. The predicted octanol–water partition coefficient (Wildman–Crippen LogP) is 2.61. The summed E-state index contributed by atoms with van der Waals surface area (Å²) in [6.45, 7) is 0.751. The molecule has 116 valence electrons. The number of carbonyl (C=O) groups excluding carboxylic acids is 1. The van der Waals surface area contributed by atoms with E-state index >= 15 is 0 Å². The largest absolute Gasteiger partial charge is 0.465 e. The molecule has 5 heteroatoms. The third-order valence-electron chi connectivity index (χ3n) is 3.33. The summed E-state index contributed by atoms with van der Waals surface area (Å²) in [4.78, 5) is 13.7. The van der Waals surface area contributed by atoms with Gasteiger partial charge in [-0.3, -0.25) is 0 Å². The molecule has 0 heterocycles. The molecule has 2 aromatic rings. The lowest BCUT2D eigenvalue weighted by molar-refractivity contribution is 0.0599. The molecule has 0 atom stereocenters. The number of para-hydroxylation sites is 1. The average Bonchev–Trinajstić information content (AvgIpc) is 2.56. The topological polar surface area (TPSA) is 49.8 Å². The van der Waals surface area contributed by atoms with Crippen molar-refractivity contribution < 1.29 is 19.0 Å². The number of anilines is 1. The Morgan fingerprint density at radius 3 is 2.59 bits per heavy atom. The first-order chi connectivity index (χ1) is 10.7. The Bertz CT molecular complexity index is 631. The van der Waals surface area contributed by atoms with Crippen LogP contribution >= 0.6 is 0 Å². The van der Waals surface area contributed by atoms with Gasteiger partial charge in [-0.05, 0) is 29.8 Å². The SMILES string of the molecule is COC(=O)c1cc(F)ccc1CN(CCO)c1ccccc1. The summed E-state index contributed by atoms with van der Waals surface area (Å²) in [5, 5.41) is 9.25. The monoisotopic (exact) mass is 303 g/mol. The van der Waals surface area contributed by atoms with E-state index < -0.39 is 11.8 Å². The molecule has 2 aromatic carbocycles. The summed E-state index contributed by atoms with van der Waals surface area (Å²) in [7, 11) is 1.26. The van der Waals surface area contributed by atoms with Crippen LogP contribution in [0, 0.1) is 5.82 Å². The Balaban J connectivity index is 2.32. The smallest absolute Gasteiger partial charge is 0.338 e. The molecular formula is C17H18FNO3. The fourth-order valence-electron chi connectivity index (χ4n) is 2.25. The molecule has 0 aliphatic heterocycles. The molecule has 0 aliphatic carbocycles. The summed E-state index contributed by atoms with van der Waals surface area (Å²) in [5.74, 6) is -1.07. The van der Waals surface area contributed by atoms with E-state index in [4.69, 9.17) is 4.74 Å². The van der Waals surface area contributed by atoms with Crippen LogP contribution in [-0.2, 0) is 11.3 Å². The summed E-state index contributed by atoms with van der Waals surface area (Å²) < 4.78 is 18.1. The molecule has 0 saturated carbocycles. The molecular weight excluding hydrogens is 285 g/mol. The maximum absolute atomic E-state index is 13.4. The minimum Gasteiger partial charge on any atom is -0.465 e. The van der Waals surface area contributed by atoms with Crippen LogP contribution < -0.4 is 4.90 Å². The lowest BCUT2D eigenvalue weighted by Crippen LogP contribution is -2.27. The van der Waals surface area contributed by atoms with E-state index in [0.29, 0.717) is 18.7 Å². The number of rotatable bonds is 6. The average molecular weight is 303 g/mol. The van der Waals surface area contributed by atoms with Gasteiger partial charge in [-0.2, -0.15) is 0 Å². The van der Waals surface area contributed by atoms with Crippen LogP contribution in [0.4, 0.5) is 10.1 Å². The van der Waals surface area contributed by atoms with Crippen LogP contribution in [0.15, 0.2) is 48.5 Å². The second-order valence-corrected chi connectivity index (χ2v) is 4.77. The zero-order valence-electron chi connectivity index (χ0n) is 12.3. The first-order valence-corrected chi connectivity index (χ1v) is 6.93. The highest BCUT2D eigenvalue weighted by Crippen LogP contribution is 2.20. The van der Waals surface area contributed by atoms with Gasteiger partial charge in [0.2, 0.25) is 0 Å². The van der Waals surface area contributed by atoms with Gasteiger partial charge in [0.05, 0.1) is 19.3 Å². The van der Waals surface area contributed by atoms with Gasteiger partial charge in [0.15, 0.2) is 0 Å². The standard InChI is InChI=1S/C17H18FNO3/c1-22-17(21)16-11-14(18)8-7-13(16)12-19(9-10-20)15-5-3-2-4-6-15/h2-8,11,20H,9-10,12H2,1H3. The molecule has 0 spiro atoms. The highest BCUT2D eigenvalue weighted by molar-refractivity contribution is 5.91. The molecule has 0 fully saturated rings. The molecule has 0 saturated heterocycles.